The summed E-state index contributed by atoms with van der Waals surface area (Å²) in [6, 6.07) is 5.71. The van der Waals surface area contributed by atoms with Crippen LogP contribution in [-0.4, -0.2) is 11.1 Å². The number of nitrogens with two attached hydrogens (primary N) is 1. The van der Waals surface area contributed by atoms with Crippen LogP contribution in [-0.2, 0) is 4.79 Å². The minimum atomic E-state index is -0.739. The first-order valence-corrected chi connectivity index (χ1v) is 7.08. The molecule has 1 aliphatic rings. The Morgan fingerprint density at radius 1 is 1.32 bits per heavy atom. The van der Waals surface area contributed by atoms with E-state index in [0.717, 1.165) is 42.7 Å². The summed E-state index contributed by atoms with van der Waals surface area (Å²) in [5, 5.41) is 9.60. The van der Waals surface area contributed by atoms with Gasteiger partial charge < -0.3 is 10.8 Å². The number of hydrogen-bond donors (Lipinski definition) is 2. The van der Waals surface area contributed by atoms with E-state index in [1.165, 1.54) is 0 Å². The van der Waals surface area contributed by atoms with Crippen LogP contribution in [0.2, 0.25) is 0 Å². The lowest BCUT2D eigenvalue weighted by molar-refractivity contribution is -0.140. The summed E-state index contributed by atoms with van der Waals surface area (Å²) in [6.07, 6.45) is 4.23. The standard InChI is InChI=1S/C16H23NO2/c1-10-6-8-12(9-7-10)14(16(18)19)13-5-3-4-11(2)15(13)17/h3-5,10,12,14H,6-9,17H2,1-2H3,(H,18,19). The van der Waals surface area contributed by atoms with Gasteiger partial charge in [0.25, 0.3) is 0 Å². The second kappa shape index (κ2) is 5.64. The predicted molar refractivity (Wildman–Crippen MR) is 77.1 cm³/mol. The summed E-state index contributed by atoms with van der Waals surface area (Å²) in [5.74, 6) is -0.248. The zero-order valence-electron chi connectivity index (χ0n) is 11.7. The minimum Gasteiger partial charge on any atom is -0.481 e. The number of hydrogen-bond acceptors (Lipinski definition) is 2. The molecule has 1 aliphatic carbocycles. The fourth-order valence-corrected chi connectivity index (χ4v) is 3.18. The molecule has 1 saturated carbocycles. The molecule has 1 aromatic rings. The van der Waals surface area contributed by atoms with Gasteiger partial charge in [0.05, 0.1) is 5.92 Å². The first-order chi connectivity index (χ1) is 9.00. The maximum absolute atomic E-state index is 11.7. The van der Waals surface area contributed by atoms with Crippen LogP contribution in [0.25, 0.3) is 0 Å². The molecule has 3 nitrogen and oxygen atoms in total. The fourth-order valence-electron chi connectivity index (χ4n) is 3.18. The van der Waals surface area contributed by atoms with E-state index in [1.807, 2.05) is 25.1 Å². The first-order valence-electron chi connectivity index (χ1n) is 7.08. The molecule has 0 aromatic heterocycles. The van der Waals surface area contributed by atoms with Crippen LogP contribution in [0.4, 0.5) is 5.69 Å². The number of nitrogen functional groups attached to an aromatic ring is 1. The van der Waals surface area contributed by atoms with Gasteiger partial charge in [-0.1, -0.05) is 38.0 Å². The lowest BCUT2D eigenvalue weighted by Gasteiger charge is -2.31. The van der Waals surface area contributed by atoms with E-state index in [4.69, 9.17) is 5.73 Å². The van der Waals surface area contributed by atoms with Crippen LogP contribution in [0, 0.1) is 18.8 Å². The second-order valence-corrected chi connectivity index (χ2v) is 5.91. The van der Waals surface area contributed by atoms with E-state index in [-0.39, 0.29) is 5.92 Å². The lowest BCUT2D eigenvalue weighted by Crippen LogP contribution is -2.26. The Kier molecular flexibility index (Phi) is 4.13. The van der Waals surface area contributed by atoms with Gasteiger partial charge in [-0.2, -0.15) is 0 Å². The van der Waals surface area contributed by atoms with E-state index in [9.17, 15) is 9.90 Å². The third-order valence-electron chi connectivity index (χ3n) is 4.49. The predicted octanol–water partition coefficient (Wildman–Crippen LogP) is 3.57. The molecule has 3 heteroatoms. The number of carboxylic acids is 1. The van der Waals surface area contributed by atoms with Crippen LogP contribution >= 0.6 is 0 Å². The Morgan fingerprint density at radius 2 is 1.95 bits per heavy atom. The van der Waals surface area contributed by atoms with Crippen LogP contribution in [0.1, 0.15) is 49.7 Å². The average Bonchev–Trinajstić information content (AvgIpc) is 2.37. The van der Waals surface area contributed by atoms with Gasteiger partial charge in [0.2, 0.25) is 0 Å². The number of aryl methyl sites for hydroxylation is 1. The normalized spacial score (nSPS) is 24.9. The van der Waals surface area contributed by atoms with E-state index < -0.39 is 11.9 Å². The quantitative estimate of drug-likeness (QED) is 0.817. The summed E-state index contributed by atoms with van der Waals surface area (Å²) < 4.78 is 0. The van der Waals surface area contributed by atoms with E-state index in [1.54, 1.807) is 0 Å². The highest BCUT2D eigenvalue weighted by Gasteiger charge is 2.33. The summed E-state index contributed by atoms with van der Waals surface area (Å²) in [5.41, 5.74) is 8.50. The molecule has 0 bridgehead atoms. The highest BCUT2D eigenvalue weighted by atomic mass is 16.4. The minimum absolute atomic E-state index is 0.220. The molecule has 0 spiro atoms. The maximum Gasteiger partial charge on any atom is 0.311 e. The van der Waals surface area contributed by atoms with Crippen molar-refractivity contribution in [2.75, 3.05) is 5.73 Å². The van der Waals surface area contributed by atoms with Gasteiger partial charge in [-0.3, -0.25) is 4.79 Å². The Hall–Kier alpha value is -1.51. The third-order valence-corrected chi connectivity index (χ3v) is 4.49. The molecule has 0 heterocycles. The van der Waals surface area contributed by atoms with E-state index in [0.29, 0.717) is 5.69 Å². The van der Waals surface area contributed by atoms with Crippen LogP contribution in [0.5, 0.6) is 0 Å². The maximum atomic E-state index is 11.7. The number of carboxylic acid groups (broad SMARTS) is 1. The smallest absolute Gasteiger partial charge is 0.311 e. The number of para-hydroxylation sites is 1. The first kappa shape index (κ1) is 13.9. The molecule has 0 radical (unpaired) electrons. The van der Waals surface area contributed by atoms with Crippen molar-refractivity contribution in [2.24, 2.45) is 11.8 Å². The van der Waals surface area contributed by atoms with Gasteiger partial charge >= 0.3 is 5.97 Å². The molecule has 1 aromatic carbocycles. The van der Waals surface area contributed by atoms with Crippen LogP contribution < -0.4 is 5.73 Å². The van der Waals surface area contributed by atoms with Crippen molar-refractivity contribution >= 4 is 11.7 Å². The number of benzene rings is 1. The molecule has 1 atom stereocenters. The number of rotatable bonds is 3. The molecule has 0 saturated heterocycles. The van der Waals surface area contributed by atoms with Crippen molar-refractivity contribution < 1.29 is 9.90 Å². The van der Waals surface area contributed by atoms with Gasteiger partial charge in [-0.25, -0.2) is 0 Å². The molecule has 1 unspecified atom stereocenters. The van der Waals surface area contributed by atoms with Crippen molar-refractivity contribution in [3.05, 3.63) is 29.3 Å². The average molecular weight is 261 g/mol. The molecular weight excluding hydrogens is 238 g/mol. The van der Waals surface area contributed by atoms with E-state index in [2.05, 4.69) is 6.92 Å². The SMILES string of the molecule is Cc1cccc(C(C(=O)O)C2CCC(C)CC2)c1N. The topological polar surface area (TPSA) is 63.3 Å². The third kappa shape index (κ3) is 2.91. The Balaban J connectivity index is 2.30. The number of carbonyl (C=O) groups is 1. The second-order valence-electron chi connectivity index (χ2n) is 5.91. The molecule has 3 N–H and O–H groups in total. The fraction of sp³-hybridized carbons (Fsp3) is 0.562. The lowest BCUT2D eigenvalue weighted by atomic mass is 9.73. The van der Waals surface area contributed by atoms with Crippen LogP contribution in [0.3, 0.4) is 0 Å². The van der Waals surface area contributed by atoms with Crippen molar-refractivity contribution in [3.63, 3.8) is 0 Å². The number of anilines is 1. The zero-order chi connectivity index (χ0) is 14.0. The molecule has 104 valence electrons. The summed E-state index contributed by atoms with van der Waals surface area (Å²) >= 11 is 0. The number of aliphatic carboxylic acids is 1. The summed E-state index contributed by atoms with van der Waals surface area (Å²) in [7, 11) is 0. The van der Waals surface area contributed by atoms with Crippen molar-refractivity contribution in [2.45, 2.75) is 45.4 Å². The van der Waals surface area contributed by atoms with Crippen molar-refractivity contribution in [3.8, 4) is 0 Å². The monoisotopic (exact) mass is 261 g/mol. The summed E-state index contributed by atoms with van der Waals surface area (Å²) in [4.78, 5) is 11.7. The molecular formula is C16H23NO2. The molecule has 19 heavy (non-hydrogen) atoms. The highest BCUT2D eigenvalue weighted by molar-refractivity contribution is 5.79. The van der Waals surface area contributed by atoms with Gasteiger partial charge in [0.15, 0.2) is 0 Å². The Labute approximate surface area is 114 Å². The highest BCUT2D eigenvalue weighted by Crippen LogP contribution is 2.40. The van der Waals surface area contributed by atoms with Gasteiger partial charge in [-0.15, -0.1) is 0 Å². The zero-order valence-corrected chi connectivity index (χ0v) is 11.7. The van der Waals surface area contributed by atoms with E-state index >= 15 is 0 Å². The molecule has 2 rings (SSSR count). The molecule has 0 aliphatic heterocycles. The van der Waals surface area contributed by atoms with Crippen molar-refractivity contribution in [1.29, 1.82) is 0 Å². The van der Waals surface area contributed by atoms with Gasteiger partial charge in [0.1, 0.15) is 0 Å². The molecule has 1 fully saturated rings. The van der Waals surface area contributed by atoms with Crippen molar-refractivity contribution in [1.82, 2.24) is 0 Å². The molecule has 0 amide bonds. The van der Waals surface area contributed by atoms with Gasteiger partial charge in [0, 0.05) is 5.69 Å². The van der Waals surface area contributed by atoms with Gasteiger partial charge in [-0.05, 0) is 42.7 Å². The largest absolute Gasteiger partial charge is 0.481 e. The Morgan fingerprint density at radius 3 is 2.53 bits per heavy atom. The Bertz CT molecular complexity index is 462. The van der Waals surface area contributed by atoms with Crippen LogP contribution in [0.15, 0.2) is 18.2 Å². The summed E-state index contributed by atoms with van der Waals surface area (Å²) in [6.45, 7) is 4.17.